The second-order valence-corrected chi connectivity index (χ2v) is 6.80. The molecule has 1 amide bonds. The second kappa shape index (κ2) is 12.0. The molecule has 2 aromatic rings. The Bertz CT molecular complexity index is 763. The highest BCUT2D eigenvalue weighted by Gasteiger charge is 2.10. The van der Waals surface area contributed by atoms with E-state index in [0.29, 0.717) is 23.6 Å². The van der Waals surface area contributed by atoms with E-state index >= 15 is 0 Å². The predicted molar refractivity (Wildman–Crippen MR) is 117 cm³/mol. The van der Waals surface area contributed by atoms with E-state index in [1.807, 2.05) is 24.3 Å². The number of hydrogen-bond donors (Lipinski definition) is 2. The van der Waals surface area contributed by atoms with E-state index in [1.54, 1.807) is 31.4 Å². The Kier molecular flexibility index (Phi) is 9.28. The van der Waals surface area contributed by atoms with Gasteiger partial charge >= 0.3 is 0 Å². The Balaban J connectivity index is 1.79. The highest BCUT2D eigenvalue weighted by molar-refractivity contribution is 7.80. The van der Waals surface area contributed by atoms with Crippen LogP contribution >= 0.6 is 12.2 Å². The van der Waals surface area contributed by atoms with Gasteiger partial charge in [-0.2, -0.15) is 0 Å². The first-order chi connectivity index (χ1) is 13.6. The van der Waals surface area contributed by atoms with Gasteiger partial charge in [0.05, 0.1) is 19.4 Å². The van der Waals surface area contributed by atoms with E-state index in [9.17, 15) is 4.79 Å². The van der Waals surface area contributed by atoms with Gasteiger partial charge in [-0.05, 0) is 55.0 Å². The van der Waals surface area contributed by atoms with Crippen molar-refractivity contribution in [2.24, 2.45) is 0 Å². The minimum absolute atomic E-state index is 0.210. The van der Waals surface area contributed by atoms with Gasteiger partial charge in [-0.1, -0.05) is 44.7 Å². The molecule has 0 heterocycles. The van der Waals surface area contributed by atoms with E-state index in [-0.39, 0.29) is 11.0 Å². The Morgan fingerprint density at radius 1 is 1.00 bits per heavy atom. The lowest BCUT2D eigenvalue weighted by molar-refractivity contribution is 0.0977. The largest absolute Gasteiger partial charge is 0.495 e. The van der Waals surface area contributed by atoms with Crippen molar-refractivity contribution in [2.45, 2.75) is 39.0 Å². The van der Waals surface area contributed by atoms with E-state index in [1.165, 1.54) is 25.7 Å². The number of ether oxygens (including phenoxy) is 2. The maximum absolute atomic E-state index is 12.4. The number of carbonyl (C=O) groups is 1. The molecule has 2 rings (SSSR count). The fraction of sp³-hybridized carbons (Fsp3) is 0.364. The highest BCUT2D eigenvalue weighted by atomic mass is 32.1. The van der Waals surface area contributed by atoms with Crippen LogP contribution in [-0.4, -0.2) is 24.7 Å². The number of para-hydroxylation sites is 2. The van der Waals surface area contributed by atoms with Crippen molar-refractivity contribution in [3.8, 4) is 11.5 Å². The minimum atomic E-state index is -0.279. The Morgan fingerprint density at radius 3 is 2.43 bits per heavy atom. The summed E-state index contributed by atoms with van der Waals surface area (Å²) >= 11 is 5.22. The average molecular weight is 401 g/mol. The molecule has 0 atom stereocenters. The van der Waals surface area contributed by atoms with Crippen LogP contribution in [0, 0.1) is 0 Å². The summed E-state index contributed by atoms with van der Waals surface area (Å²) < 4.78 is 11.0. The molecule has 0 spiro atoms. The molecule has 0 aliphatic carbocycles. The molecule has 0 bridgehead atoms. The summed E-state index contributed by atoms with van der Waals surface area (Å²) in [5.41, 5.74) is 1.21. The molecule has 2 N–H and O–H groups in total. The molecular weight excluding hydrogens is 372 g/mol. The van der Waals surface area contributed by atoms with E-state index in [4.69, 9.17) is 21.7 Å². The summed E-state index contributed by atoms with van der Waals surface area (Å²) in [6.07, 6.45) is 6.00. The number of anilines is 1. The molecule has 0 aliphatic rings. The summed E-state index contributed by atoms with van der Waals surface area (Å²) in [5.74, 6) is 1.13. The van der Waals surface area contributed by atoms with Crippen molar-refractivity contribution in [1.29, 1.82) is 0 Å². The van der Waals surface area contributed by atoms with Gasteiger partial charge in [0, 0.05) is 5.56 Å². The molecule has 6 heteroatoms. The molecule has 150 valence electrons. The molecule has 0 saturated carbocycles. The standard InChI is InChI=1S/C22H28N2O3S/c1-3-4-5-6-9-16-27-18-14-12-17(13-15-18)21(25)24-22(28)23-19-10-7-8-11-20(19)26-2/h7-8,10-15H,3-6,9,16H2,1-2H3,(H2,23,24,25,28). The summed E-state index contributed by atoms with van der Waals surface area (Å²) in [5, 5.41) is 5.85. The lowest BCUT2D eigenvalue weighted by Gasteiger charge is -2.12. The van der Waals surface area contributed by atoms with Crippen LogP contribution in [-0.2, 0) is 0 Å². The molecule has 0 aromatic heterocycles. The minimum Gasteiger partial charge on any atom is -0.495 e. The number of unbranched alkanes of at least 4 members (excludes halogenated alkanes) is 4. The number of rotatable bonds is 10. The average Bonchev–Trinajstić information content (AvgIpc) is 2.71. The number of thiocarbonyl (C=S) groups is 1. The van der Waals surface area contributed by atoms with Crippen LogP contribution in [0.1, 0.15) is 49.4 Å². The molecule has 0 radical (unpaired) electrons. The van der Waals surface area contributed by atoms with Gasteiger partial charge in [-0.25, -0.2) is 0 Å². The van der Waals surface area contributed by atoms with E-state index < -0.39 is 0 Å². The van der Waals surface area contributed by atoms with Gasteiger partial charge in [-0.3, -0.25) is 10.1 Å². The number of carbonyl (C=O) groups excluding carboxylic acids is 1. The van der Waals surface area contributed by atoms with Crippen LogP contribution in [0.2, 0.25) is 0 Å². The SMILES string of the molecule is CCCCCCCOc1ccc(C(=O)NC(=S)Nc2ccccc2OC)cc1. The zero-order chi connectivity index (χ0) is 20.2. The van der Waals surface area contributed by atoms with Gasteiger partial charge in [-0.15, -0.1) is 0 Å². The number of methoxy groups -OCH3 is 1. The predicted octanol–water partition coefficient (Wildman–Crippen LogP) is 5.17. The topological polar surface area (TPSA) is 59.6 Å². The van der Waals surface area contributed by atoms with E-state index in [0.717, 1.165) is 12.2 Å². The van der Waals surface area contributed by atoms with Crippen LogP contribution in [0.5, 0.6) is 11.5 Å². The van der Waals surface area contributed by atoms with Crippen LogP contribution < -0.4 is 20.1 Å². The first-order valence-electron chi connectivity index (χ1n) is 9.62. The molecule has 0 aliphatic heterocycles. The summed E-state index contributed by atoms with van der Waals surface area (Å²) in [4.78, 5) is 12.4. The number of nitrogens with one attached hydrogen (secondary N) is 2. The fourth-order valence-corrected chi connectivity index (χ4v) is 2.88. The maximum atomic E-state index is 12.4. The molecule has 28 heavy (non-hydrogen) atoms. The zero-order valence-electron chi connectivity index (χ0n) is 16.5. The maximum Gasteiger partial charge on any atom is 0.257 e. The normalized spacial score (nSPS) is 10.2. The number of amides is 1. The van der Waals surface area contributed by atoms with Crippen molar-refractivity contribution in [3.05, 3.63) is 54.1 Å². The molecule has 2 aromatic carbocycles. The third kappa shape index (κ3) is 7.19. The van der Waals surface area contributed by atoms with Gasteiger partial charge < -0.3 is 14.8 Å². The Labute approximate surface area is 172 Å². The van der Waals surface area contributed by atoms with Crippen LogP contribution in [0.25, 0.3) is 0 Å². The van der Waals surface area contributed by atoms with Crippen LogP contribution in [0.4, 0.5) is 5.69 Å². The van der Waals surface area contributed by atoms with E-state index in [2.05, 4.69) is 17.6 Å². The van der Waals surface area contributed by atoms with Gasteiger partial charge in [0.1, 0.15) is 11.5 Å². The van der Waals surface area contributed by atoms with Crippen molar-refractivity contribution >= 4 is 28.9 Å². The third-order valence-electron chi connectivity index (χ3n) is 4.22. The molecular formula is C22H28N2O3S. The molecule has 0 unspecified atom stereocenters. The monoisotopic (exact) mass is 400 g/mol. The Hall–Kier alpha value is -2.60. The van der Waals surface area contributed by atoms with Gasteiger partial charge in [0.15, 0.2) is 5.11 Å². The summed E-state index contributed by atoms with van der Waals surface area (Å²) in [6.45, 7) is 2.90. The zero-order valence-corrected chi connectivity index (χ0v) is 17.3. The molecule has 0 saturated heterocycles. The first-order valence-corrected chi connectivity index (χ1v) is 10.0. The highest BCUT2D eigenvalue weighted by Crippen LogP contribution is 2.22. The molecule has 5 nitrogen and oxygen atoms in total. The van der Waals surface area contributed by atoms with Gasteiger partial charge in [0.2, 0.25) is 0 Å². The van der Waals surface area contributed by atoms with Crippen LogP contribution in [0.3, 0.4) is 0 Å². The number of benzene rings is 2. The van der Waals surface area contributed by atoms with Crippen molar-refractivity contribution in [3.63, 3.8) is 0 Å². The Morgan fingerprint density at radius 2 is 1.71 bits per heavy atom. The van der Waals surface area contributed by atoms with Crippen molar-refractivity contribution in [1.82, 2.24) is 5.32 Å². The van der Waals surface area contributed by atoms with Gasteiger partial charge in [0.25, 0.3) is 5.91 Å². The lowest BCUT2D eigenvalue weighted by Crippen LogP contribution is -2.34. The molecule has 0 fully saturated rings. The fourth-order valence-electron chi connectivity index (χ4n) is 2.67. The first kappa shape index (κ1) is 21.7. The summed E-state index contributed by atoms with van der Waals surface area (Å²) in [6, 6.07) is 14.4. The quantitative estimate of drug-likeness (QED) is 0.425. The van der Waals surface area contributed by atoms with Crippen molar-refractivity contribution in [2.75, 3.05) is 19.0 Å². The lowest BCUT2D eigenvalue weighted by atomic mass is 10.2. The number of hydrogen-bond acceptors (Lipinski definition) is 4. The third-order valence-corrected chi connectivity index (χ3v) is 4.42. The summed E-state index contributed by atoms with van der Waals surface area (Å²) in [7, 11) is 1.58. The van der Waals surface area contributed by atoms with Crippen molar-refractivity contribution < 1.29 is 14.3 Å². The second-order valence-electron chi connectivity index (χ2n) is 6.40. The smallest absolute Gasteiger partial charge is 0.257 e. The van der Waals surface area contributed by atoms with Crippen LogP contribution in [0.15, 0.2) is 48.5 Å².